The van der Waals surface area contributed by atoms with E-state index in [1.165, 1.54) is 77.6 Å². The molecule has 0 bridgehead atoms. The zero-order chi connectivity index (χ0) is 23.5. The van der Waals surface area contributed by atoms with Gasteiger partial charge in [0, 0.05) is 31.9 Å². The number of cyclic esters (lactones) is 1. The summed E-state index contributed by atoms with van der Waals surface area (Å²) < 4.78 is 10.5. The topological polar surface area (TPSA) is 72.8 Å². The maximum Gasteiger partial charge on any atom is 0.334 e. The quantitative estimate of drug-likeness (QED) is 0.104. The van der Waals surface area contributed by atoms with Gasteiger partial charge in [0.1, 0.15) is 6.61 Å². The summed E-state index contributed by atoms with van der Waals surface area (Å²) in [6, 6.07) is 0. The molecule has 0 radical (unpaired) electrons. The number of unbranched alkanes of at least 4 members (excludes halogenated alkanes) is 12. The van der Waals surface area contributed by atoms with Gasteiger partial charge in [-0.15, -0.1) is 0 Å². The van der Waals surface area contributed by atoms with Crippen molar-refractivity contribution >= 4 is 11.9 Å². The Bertz CT molecular complexity index is 581. The number of aliphatic hydroxyl groups is 1. The van der Waals surface area contributed by atoms with Crippen molar-refractivity contribution < 1.29 is 24.2 Å². The van der Waals surface area contributed by atoms with Gasteiger partial charge in [-0.1, -0.05) is 76.5 Å². The van der Waals surface area contributed by atoms with Gasteiger partial charge in [0.05, 0.1) is 0 Å². The van der Waals surface area contributed by atoms with Crippen LogP contribution in [0.25, 0.3) is 0 Å². The van der Waals surface area contributed by atoms with E-state index in [0.29, 0.717) is 12.0 Å². The Morgan fingerprint density at radius 2 is 1.53 bits per heavy atom. The van der Waals surface area contributed by atoms with Crippen LogP contribution in [-0.4, -0.2) is 35.9 Å². The lowest BCUT2D eigenvalue weighted by Gasteiger charge is -2.25. The van der Waals surface area contributed by atoms with Crippen molar-refractivity contribution in [3.63, 3.8) is 0 Å². The second kappa shape index (κ2) is 17.9. The van der Waals surface area contributed by atoms with Crippen molar-refractivity contribution in [1.82, 2.24) is 0 Å². The van der Waals surface area contributed by atoms with E-state index in [0.717, 1.165) is 19.3 Å². The van der Waals surface area contributed by atoms with Crippen LogP contribution in [0.1, 0.15) is 117 Å². The summed E-state index contributed by atoms with van der Waals surface area (Å²) in [5, 5.41) is 9.30. The van der Waals surface area contributed by atoms with Gasteiger partial charge in [-0.3, -0.25) is 4.79 Å². The second-order valence-corrected chi connectivity index (χ2v) is 9.11. The van der Waals surface area contributed by atoms with Crippen molar-refractivity contribution in [2.45, 2.75) is 122 Å². The zero-order valence-corrected chi connectivity index (χ0v) is 20.5. The standard InChI is InChI=1S/C27H46O5/c1-3-4-5-6-7-8-9-10-11-12-13-14-15-16-17-18-19-25-22-27(20-21-28,32-26(25)30)23-31-24(2)29/h10-11,19,28H,3-9,12-18,20-23H2,1-2H3/b11-10+,25-19+/t27-/m0/s1. The average Bonchev–Trinajstić information content (AvgIpc) is 3.07. The Morgan fingerprint density at radius 1 is 0.969 bits per heavy atom. The summed E-state index contributed by atoms with van der Waals surface area (Å²) in [7, 11) is 0. The molecule has 1 aliphatic rings. The minimum atomic E-state index is -0.911. The van der Waals surface area contributed by atoms with Crippen molar-refractivity contribution in [2.24, 2.45) is 0 Å². The molecule has 0 unspecified atom stereocenters. The van der Waals surface area contributed by atoms with Crippen LogP contribution in [0.2, 0.25) is 0 Å². The summed E-state index contributed by atoms with van der Waals surface area (Å²) in [5.74, 6) is -0.762. The van der Waals surface area contributed by atoms with Gasteiger partial charge >= 0.3 is 11.9 Å². The van der Waals surface area contributed by atoms with Crippen LogP contribution in [0.15, 0.2) is 23.8 Å². The fourth-order valence-electron chi connectivity index (χ4n) is 4.09. The molecule has 5 heteroatoms. The Kier molecular flexibility index (Phi) is 15.9. The molecule has 1 N–H and O–H groups in total. The number of allylic oxidation sites excluding steroid dienone is 3. The molecule has 0 aromatic heterocycles. The summed E-state index contributed by atoms with van der Waals surface area (Å²) in [4.78, 5) is 23.3. The van der Waals surface area contributed by atoms with Crippen molar-refractivity contribution in [2.75, 3.05) is 13.2 Å². The molecule has 184 valence electrons. The number of ether oxygens (including phenoxy) is 2. The van der Waals surface area contributed by atoms with E-state index < -0.39 is 11.6 Å². The number of hydrogen-bond acceptors (Lipinski definition) is 5. The van der Waals surface area contributed by atoms with Gasteiger partial charge in [0.15, 0.2) is 5.60 Å². The molecule has 0 amide bonds. The number of esters is 2. The highest BCUT2D eigenvalue weighted by atomic mass is 16.6. The first kappa shape index (κ1) is 28.4. The molecule has 1 heterocycles. The smallest absolute Gasteiger partial charge is 0.334 e. The SMILES string of the molecule is CCCCCCCC/C=C/CCCCCCC/C=C1\C[C@@](CCO)(COC(C)=O)OC1=O. The van der Waals surface area contributed by atoms with Gasteiger partial charge < -0.3 is 14.6 Å². The zero-order valence-electron chi connectivity index (χ0n) is 20.5. The lowest BCUT2D eigenvalue weighted by Crippen LogP contribution is -2.36. The maximum atomic E-state index is 12.2. The predicted octanol–water partition coefficient (Wildman–Crippen LogP) is 6.58. The Hall–Kier alpha value is -1.62. The lowest BCUT2D eigenvalue weighted by atomic mass is 9.94. The monoisotopic (exact) mass is 450 g/mol. The molecule has 1 rings (SSSR count). The van der Waals surface area contributed by atoms with Crippen LogP contribution in [0.4, 0.5) is 0 Å². The summed E-state index contributed by atoms with van der Waals surface area (Å²) in [6.45, 7) is 3.47. The fraction of sp³-hybridized carbons (Fsp3) is 0.778. The van der Waals surface area contributed by atoms with Gasteiger partial charge in [-0.25, -0.2) is 4.79 Å². The number of carbonyl (C=O) groups is 2. The first-order chi connectivity index (χ1) is 15.5. The number of rotatable bonds is 19. The lowest BCUT2D eigenvalue weighted by molar-refractivity contribution is -0.162. The van der Waals surface area contributed by atoms with E-state index in [2.05, 4.69) is 19.1 Å². The van der Waals surface area contributed by atoms with Gasteiger partial charge in [0.25, 0.3) is 0 Å². The predicted molar refractivity (Wildman–Crippen MR) is 129 cm³/mol. The molecule has 1 aliphatic heterocycles. The van der Waals surface area contributed by atoms with Crippen molar-refractivity contribution in [3.05, 3.63) is 23.8 Å². The van der Waals surface area contributed by atoms with Gasteiger partial charge in [-0.2, -0.15) is 0 Å². The number of hydrogen-bond donors (Lipinski definition) is 1. The van der Waals surface area contributed by atoms with Crippen molar-refractivity contribution in [1.29, 1.82) is 0 Å². The van der Waals surface area contributed by atoms with Gasteiger partial charge in [0.2, 0.25) is 0 Å². The average molecular weight is 451 g/mol. The highest BCUT2D eigenvalue weighted by molar-refractivity contribution is 5.91. The first-order valence-corrected chi connectivity index (χ1v) is 12.8. The van der Waals surface area contributed by atoms with Crippen LogP contribution in [0.5, 0.6) is 0 Å². The minimum Gasteiger partial charge on any atom is -0.462 e. The van der Waals surface area contributed by atoms with E-state index in [4.69, 9.17) is 9.47 Å². The number of carbonyl (C=O) groups excluding carboxylic acids is 2. The molecule has 32 heavy (non-hydrogen) atoms. The molecule has 1 fully saturated rings. The summed E-state index contributed by atoms with van der Waals surface area (Å²) in [5.41, 5.74) is -0.271. The van der Waals surface area contributed by atoms with E-state index in [-0.39, 0.29) is 25.6 Å². The van der Waals surface area contributed by atoms with Crippen LogP contribution >= 0.6 is 0 Å². The largest absolute Gasteiger partial charge is 0.462 e. The molecule has 1 atom stereocenters. The molecule has 0 spiro atoms. The first-order valence-electron chi connectivity index (χ1n) is 12.8. The van der Waals surface area contributed by atoms with E-state index in [9.17, 15) is 14.7 Å². The minimum absolute atomic E-state index is 0.000617. The molecule has 1 saturated heterocycles. The number of aliphatic hydroxyl groups excluding tert-OH is 1. The highest BCUT2D eigenvalue weighted by Gasteiger charge is 2.44. The molecular formula is C27H46O5. The normalized spacial score (nSPS) is 19.7. The third kappa shape index (κ3) is 13.0. The fourth-order valence-corrected chi connectivity index (χ4v) is 4.09. The van der Waals surface area contributed by atoms with Crippen LogP contribution < -0.4 is 0 Å². The Balaban J connectivity index is 2.09. The highest BCUT2D eigenvalue weighted by Crippen LogP contribution is 2.34. The van der Waals surface area contributed by atoms with Crippen molar-refractivity contribution in [3.8, 4) is 0 Å². The van der Waals surface area contributed by atoms with E-state index >= 15 is 0 Å². The molecule has 0 aliphatic carbocycles. The van der Waals surface area contributed by atoms with E-state index in [1.807, 2.05) is 6.08 Å². The molecular weight excluding hydrogens is 404 g/mol. The molecule has 5 nitrogen and oxygen atoms in total. The van der Waals surface area contributed by atoms with E-state index in [1.54, 1.807) is 0 Å². The van der Waals surface area contributed by atoms with Crippen LogP contribution in [0.3, 0.4) is 0 Å². The van der Waals surface area contributed by atoms with Crippen LogP contribution in [-0.2, 0) is 19.1 Å². The summed E-state index contributed by atoms with van der Waals surface area (Å²) >= 11 is 0. The molecule has 0 aromatic rings. The van der Waals surface area contributed by atoms with Crippen LogP contribution in [0, 0.1) is 0 Å². The maximum absolute atomic E-state index is 12.2. The molecule has 0 aromatic carbocycles. The Labute approximate surface area is 195 Å². The molecule has 0 saturated carbocycles. The summed E-state index contributed by atoms with van der Waals surface area (Å²) in [6.07, 6.45) is 24.7. The Morgan fingerprint density at radius 3 is 2.09 bits per heavy atom. The third-order valence-electron chi connectivity index (χ3n) is 6.05. The second-order valence-electron chi connectivity index (χ2n) is 9.11. The third-order valence-corrected chi connectivity index (χ3v) is 6.05. The van der Waals surface area contributed by atoms with Gasteiger partial charge in [-0.05, 0) is 38.5 Å².